The van der Waals surface area contributed by atoms with Gasteiger partial charge in [-0.2, -0.15) is 0 Å². The molecule has 60 heavy (non-hydrogen) atoms. The van der Waals surface area contributed by atoms with Crippen molar-refractivity contribution in [3.63, 3.8) is 0 Å². The van der Waals surface area contributed by atoms with Crippen LogP contribution in [0.25, 0.3) is 54.1 Å². The van der Waals surface area contributed by atoms with Crippen LogP contribution in [-0.4, -0.2) is 95.8 Å². The molecule has 2 aromatic carbocycles. The number of hydrogen-bond acceptors (Lipinski definition) is 11. The number of imidazole rings is 2. The second-order valence-electron chi connectivity index (χ2n) is 15.8. The van der Waals surface area contributed by atoms with Gasteiger partial charge in [-0.1, -0.05) is 58.9 Å². The third kappa shape index (κ3) is 8.11. The zero-order valence-electron chi connectivity index (χ0n) is 35.2. The van der Waals surface area contributed by atoms with E-state index < -0.39 is 18.2 Å². The molecule has 0 saturated carbocycles. The van der Waals surface area contributed by atoms with Gasteiger partial charge in [-0.05, 0) is 38.0 Å². The fraction of sp³-hybridized carbons (Fsp3) is 0.442. The van der Waals surface area contributed by atoms with Gasteiger partial charge in [0.15, 0.2) is 0 Å². The Morgan fingerprint density at radius 1 is 0.833 bits per heavy atom. The standard InChI is InChI=1S/C43H52N10O5S2/c1-9-31(52(10-2)41(55)34(23(5)6)51-43(57)58-8)39-44-18-29(49-39)27-15-13-25(35-37(27)59-20-46-35)26-14-16-28(38-36(26)47-21-60-38)30-19-45-40(50-30)32-12-11-17-53(32)42(56)33(22(3)4)48-24(7)54/h13-16,18-23,31-34H,9-12,17H2,1-8H3,(H,44,49)(H,45,50)(H,48,54)(H,51,57). The van der Waals surface area contributed by atoms with Gasteiger partial charge in [0, 0.05) is 42.3 Å². The third-order valence-electron chi connectivity index (χ3n) is 11.3. The lowest BCUT2D eigenvalue weighted by Crippen LogP contribution is -2.52. The van der Waals surface area contributed by atoms with Crippen LogP contribution in [0.1, 0.15) is 91.5 Å². The fourth-order valence-electron chi connectivity index (χ4n) is 8.24. The van der Waals surface area contributed by atoms with Gasteiger partial charge in [-0.3, -0.25) is 14.4 Å². The summed E-state index contributed by atoms with van der Waals surface area (Å²) < 4.78 is 6.79. The highest BCUT2D eigenvalue weighted by molar-refractivity contribution is 7.17. The average molecular weight is 853 g/mol. The van der Waals surface area contributed by atoms with E-state index in [0.29, 0.717) is 25.3 Å². The summed E-state index contributed by atoms with van der Waals surface area (Å²) in [5, 5.41) is 5.55. The summed E-state index contributed by atoms with van der Waals surface area (Å²) in [5.74, 6) is 0.663. The maximum atomic E-state index is 13.8. The number of carbonyl (C=O) groups is 4. The maximum absolute atomic E-state index is 13.8. The SMILES string of the molecule is CCC(c1ncc(-c2ccc(-c3ccc(-c4cnc(C5CCCN5C(=O)C(NC(C)=O)C(C)C)[nH]4)c4scnc34)c3ncsc23)[nH]1)N(CC)C(=O)C(NC(=O)OC)C(C)C. The Kier molecular flexibility index (Phi) is 12.7. The zero-order chi connectivity index (χ0) is 42.8. The minimum absolute atomic E-state index is 0.0509. The highest BCUT2D eigenvalue weighted by atomic mass is 32.1. The molecule has 6 aromatic rings. The van der Waals surface area contributed by atoms with Crippen LogP contribution in [0.2, 0.25) is 0 Å². The Bertz CT molecular complexity index is 2520. The van der Waals surface area contributed by atoms with Gasteiger partial charge < -0.3 is 35.1 Å². The molecule has 4 atom stereocenters. The van der Waals surface area contributed by atoms with Crippen LogP contribution < -0.4 is 10.6 Å². The second kappa shape index (κ2) is 17.9. The number of likely N-dealkylation sites (tertiary alicyclic amines) is 1. The van der Waals surface area contributed by atoms with Crippen molar-refractivity contribution in [2.75, 3.05) is 20.2 Å². The molecule has 1 saturated heterocycles. The number of fused-ring (bicyclic) bond motifs is 2. The van der Waals surface area contributed by atoms with Crippen molar-refractivity contribution in [1.29, 1.82) is 0 Å². The summed E-state index contributed by atoms with van der Waals surface area (Å²) in [6, 6.07) is 6.40. The maximum Gasteiger partial charge on any atom is 0.407 e. The van der Waals surface area contributed by atoms with Crippen LogP contribution in [0, 0.1) is 11.8 Å². The van der Waals surface area contributed by atoms with Gasteiger partial charge in [-0.15, -0.1) is 22.7 Å². The Morgan fingerprint density at radius 3 is 1.97 bits per heavy atom. The van der Waals surface area contributed by atoms with E-state index in [1.165, 1.54) is 14.0 Å². The van der Waals surface area contributed by atoms with Gasteiger partial charge in [-0.25, -0.2) is 24.7 Å². The number of hydrogen-bond donors (Lipinski definition) is 4. The average Bonchev–Trinajstić information content (AvgIpc) is 4.09. The molecule has 1 aliphatic rings. The molecule has 316 valence electrons. The molecule has 0 spiro atoms. The Hall–Kier alpha value is -5.68. The topological polar surface area (TPSA) is 191 Å². The molecule has 4 aromatic heterocycles. The van der Waals surface area contributed by atoms with Crippen molar-refractivity contribution in [1.82, 2.24) is 50.3 Å². The molecule has 4 N–H and O–H groups in total. The van der Waals surface area contributed by atoms with Gasteiger partial charge in [0.05, 0.1) is 74.4 Å². The quantitative estimate of drug-likeness (QED) is 0.0845. The fourth-order valence-corrected chi connectivity index (χ4v) is 9.93. The zero-order valence-corrected chi connectivity index (χ0v) is 36.8. The van der Waals surface area contributed by atoms with Crippen LogP contribution in [-0.2, 0) is 19.1 Å². The van der Waals surface area contributed by atoms with Gasteiger partial charge >= 0.3 is 6.09 Å². The number of aromatic nitrogens is 6. The molecular formula is C43H52N10O5S2. The minimum atomic E-state index is -0.749. The molecule has 0 aliphatic carbocycles. The molecule has 5 heterocycles. The van der Waals surface area contributed by atoms with Crippen LogP contribution in [0.3, 0.4) is 0 Å². The Balaban J connectivity index is 1.16. The summed E-state index contributed by atoms with van der Waals surface area (Å²) in [5.41, 5.74) is 10.8. The normalized spacial score (nSPS) is 15.8. The van der Waals surface area contributed by atoms with Gasteiger partial charge in [0.2, 0.25) is 17.7 Å². The second-order valence-corrected chi connectivity index (χ2v) is 17.5. The van der Waals surface area contributed by atoms with E-state index in [2.05, 4.69) is 44.9 Å². The lowest BCUT2D eigenvalue weighted by molar-refractivity contribution is -0.138. The third-order valence-corrected chi connectivity index (χ3v) is 13.0. The lowest BCUT2D eigenvalue weighted by Gasteiger charge is -2.33. The number of ether oxygens (including phenoxy) is 1. The smallest absolute Gasteiger partial charge is 0.407 e. The van der Waals surface area contributed by atoms with Crippen LogP contribution in [0.15, 0.2) is 47.7 Å². The van der Waals surface area contributed by atoms with Crippen molar-refractivity contribution >= 4 is 66.9 Å². The predicted octanol–water partition coefficient (Wildman–Crippen LogP) is 7.86. The summed E-state index contributed by atoms with van der Waals surface area (Å²) in [6.07, 6.45) is 5.22. The van der Waals surface area contributed by atoms with Crippen molar-refractivity contribution in [2.24, 2.45) is 11.8 Å². The number of benzene rings is 2. The summed E-state index contributed by atoms with van der Waals surface area (Å²) >= 11 is 3.10. The Morgan fingerprint density at radius 2 is 1.42 bits per heavy atom. The first kappa shape index (κ1) is 42.4. The first-order valence-electron chi connectivity index (χ1n) is 20.4. The highest BCUT2D eigenvalue weighted by Gasteiger charge is 2.37. The van der Waals surface area contributed by atoms with Crippen LogP contribution in [0.4, 0.5) is 4.79 Å². The molecule has 15 nitrogen and oxygen atoms in total. The van der Waals surface area contributed by atoms with Crippen molar-refractivity contribution in [2.45, 2.75) is 91.9 Å². The monoisotopic (exact) mass is 852 g/mol. The van der Waals surface area contributed by atoms with E-state index >= 15 is 0 Å². The van der Waals surface area contributed by atoms with E-state index in [9.17, 15) is 19.2 Å². The molecule has 4 amide bonds. The van der Waals surface area contributed by atoms with Crippen LogP contribution in [0.5, 0.6) is 0 Å². The van der Waals surface area contributed by atoms with E-state index in [0.717, 1.165) is 72.7 Å². The summed E-state index contributed by atoms with van der Waals surface area (Å²) in [7, 11) is 1.28. The van der Waals surface area contributed by atoms with E-state index in [-0.39, 0.29) is 41.6 Å². The molecule has 1 aliphatic heterocycles. The first-order valence-corrected chi connectivity index (χ1v) is 22.2. The number of likely N-dealkylation sites (N-methyl/N-ethyl adjacent to an activating group) is 1. The van der Waals surface area contributed by atoms with Crippen molar-refractivity contribution in [3.05, 3.63) is 59.3 Å². The van der Waals surface area contributed by atoms with Crippen LogP contribution >= 0.6 is 22.7 Å². The van der Waals surface area contributed by atoms with Gasteiger partial charge in [0.25, 0.3) is 0 Å². The minimum Gasteiger partial charge on any atom is -0.453 e. The number of alkyl carbamates (subject to hydrolysis) is 1. The predicted molar refractivity (Wildman–Crippen MR) is 234 cm³/mol. The highest BCUT2D eigenvalue weighted by Crippen LogP contribution is 2.43. The molecule has 4 unspecified atom stereocenters. The number of carbonyl (C=O) groups excluding carboxylic acids is 4. The molecule has 0 bridgehead atoms. The molecular weight excluding hydrogens is 801 g/mol. The Labute approximate surface area is 356 Å². The number of methoxy groups -OCH3 is 1. The number of nitrogens with one attached hydrogen (secondary N) is 4. The number of nitrogens with zero attached hydrogens (tertiary/aromatic N) is 6. The molecule has 7 rings (SSSR count). The first-order chi connectivity index (χ1) is 28.9. The number of rotatable bonds is 14. The molecule has 17 heteroatoms. The number of aromatic amines is 2. The van der Waals surface area contributed by atoms with Gasteiger partial charge in [0.1, 0.15) is 23.7 Å². The molecule has 0 radical (unpaired) electrons. The van der Waals surface area contributed by atoms with E-state index in [1.54, 1.807) is 33.8 Å². The lowest BCUT2D eigenvalue weighted by atomic mass is 9.98. The van der Waals surface area contributed by atoms with Crippen molar-refractivity contribution in [3.8, 4) is 33.6 Å². The van der Waals surface area contributed by atoms with Crippen molar-refractivity contribution < 1.29 is 23.9 Å². The summed E-state index contributed by atoms with van der Waals surface area (Å²) in [6.45, 7) is 14.1. The largest absolute Gasteiger partial charge is 0.453 e. The molecule has 1 fully saturated rings. The summed E-state index contributed by atoms with van der Waals surface area (Å²) in [4.78, 5) is 81.4. The van der Waals surface area contributed by atoms with E-state index in [1.807, 2.05) is 63.7 Å². The van der Waals surface area contributed by atoms with E-state index in [4.69, 9.17) is 24.7 Å². The number of H-pyrrole nitrogens is 2. The number of thiazole rings is 2. The number of amides is 4.